The molecule has 18 heavy (non-hydrogen) atoms. The first-order chi connectivity index (χ1) is 8.91. The van der Waals surface area contributed by atoms with Gasteiger partial charge in [0.2, 0.25) is 0 Å². The molecule has 0 aromatic rings. The summed E-state index contributed by atoms with van der Waals surface area (Å²) in [6.07, 6.45) is 13.6. The predicted molar refractivity (Wildman–Crippen MR) is 83.3 cm³/mol. The number of hydrogen-bond donors (Lipinski definition) is 2. The van der Waals surface area contributed by atoms with Crippen LogP contribution in [0.15, 0.2) is 0 Å². The van der Waals surface area contributed by atoms with E-state index in [1.165, 1.54) is 90.4 Å². The Morgan fingerprint density at radius 1 is 0.444 bits per heavy atom. The summed E-state index contributed by atoms with van der Waals surface area (Å²) in [6.45, 7) is 9.37. The van der Waals surface area contributed by atoms with Crippen LogP contribution in [0, 0.1) is 0 Å². The standard InChI is InChI=1S/C16H36N2/c1-3-5-7-10-14-18-16-12-9-8-11-15-17-13-6-4-2/h17-18H,3-16H2,1-2H3. The summed E-state index contributed by atoms with van der Waals surface area (Å²) in [5.41, 5.74) is 0. The van der Waals surface area contributed by atoms with Crippen molar-refractivity contribution in [3.05, 3.63) is 0 Å². The molecule has 0 spiro atoms. The van der Waals surface area contributed by atoms with Crippen LogP contribution in [-0.2, 0) is 0 Å². The predicted octanol–water partition coefficient (Wildman–Crippen LogP) is 4.11. The molecule has 0 unspecified atom stereocenters. The van der Waals surface area contributed by atoms with Gasteiger partial charge < -0.3 is 10.6 Å². The number of rotatable bonds is 15. The van der Waals surface area contributed by atoms with E-state index in [4.69, 9.17) is 0 Å². The Bertz CT molecular complexity index is 121. The van der Waals surface area contributed by atoms with Gasteiger partial charge >= 0.3 is 0 Å². The van der Waals surface area contributed by atoms with E-state index in [1.807, 2.05) is 0 Å². The molecule has 0 bridgehead atoms. The zero-order valence-corrected chi connectivity index (χ0v) is 12.9. The van der Waals surface area contributed by atoms with Gasteiger partial charge in [-0.05, 0) is 51.9 Å². The van der Waals surface area contributed by atoms with Crippen LogP contribution in [0.1, 0.15) is 78.1 Å². The molecular formula is C16H36N2. The van der Waals surface area contributed by atoms with Crippen LogP contribution in [0.4, 0.5) is 0 Å². The lowest BCUT2D eigenvalue weighted by molar-refractivity contribution is 0.544. The zero-order chi connectivity index (χ0) is 13.3. The molecule has 0 fully saturated rings. The van der Waals surface area contributed by atoms with Crippen LogP contribution in [0.25, 0.3) is 0 Å². The van der Waals surface area contributed by atoms with Crippen molar-refractivity contribution in [3.63, 3.8) is 0 Å². The van der Waals surface area contributed by atoms with Crippen LogP contribution in [0.2, 0.25) is 0 Å². The third-order valence-corrected chi connectivity index (χ3v) is 3.37. The van der Waals surface area contributed by atoms with Gasteiger partial charge in [0.25, 0.3) is 0 Å². The second-order valence-electron chi connectivity index (χ2n) is 5.33. The third-order valence-electron chi connectivity index (χ3n) is 3.37. The van der Waals surface area contributed by atoms with E-state index in [2.05, 4.69) is 24.5 Å². The Labute approximate surface area is 115 Å². The number of unbranched alkanes of at least 4 members (excludes halogenated alkanes) is 7. The molecule has 0 radical (unpaired) electrons. The molecule has 0 aromatic carbocycles. The number of nitrogens with one attached hydrogen (secondary N) is 2. The van der Waals surface area contributed by atoms with E-state index in [1.54, 1.807) is 0 Å². The monoisotopic (exact) mass is 256 g/mol. The zero-order valence-electron chi connectivity index (χ0n) is 12.9. The highest BCUT2D eigenvalue weighted by Gasteiger charge is 1.92. The molecule has 0 amide bonds. The minimum absolute atomic E-state index is 1.20. The lowest BCUT2D eigenvalue weighted by atomic mass is 10.2. The molecule has 2 heteroatoms. The molecule has 0 rings (SSSR count). The fourth-order valence-corrected chi connectivity index (χ4v) is 2.08. The summed E-state index contributed by atoms with van der Waals surface area (Å²) in [6, 6.07) is 0. The smallest absolute Gasteiger partial charge is 0.00489 e. The van der Waals surface area contributed by atoms with E-state index < -0.39 is 0 Å². The summed E-state index contributed by atoms with van der Waals surface area (Å²) < 4.78 is 0. The third kappa shape index (κ3) is 15.9. The molecule has 0 saturated carbocycles. The maximum Gasteiger partial charge on any atom is -0.00489 e. The van der Waals surface area contributed by atoms with E-state index in [0.717, 1.165) is 0 Å². The van der Waals surface area contributed by atoms with E-state index in [9.17, 15) is 0 Å². The molecule has 0 aliphatic heterocycles. The molecule has 0 saturated heterocycles. The molecule has 0 aliphatic rings. The van der Waals surface area contributed by atoms with E-state index in [-0.39, 0.29) is 0 Å². The van der Waals surface area contributed by atoms with Crippen LogP contribution >= 0.6 is 0 Å². The van der Waals surface area contributed by atoms with Crippen molar-refractivity contribution in [2.24, 2.45) is 0 Å². The van der Waals surface area contributed by atoms with Crippen LogP contribution < -0.4 is 10.6 Å². The lowest BCUT2D eigenvalue weighted by Crippen LogP contribution is -2.17. The second kappa shape index (κ2) is 16.9. The Morgan fingerprint density at radius 2 is 0.833 bits per heavy atom. The van der Waals surface area contributed by atoms with Gasteiger partial charge in [0.1, 0.15) is 0 Å². The van der Waals surface area contributed by atoms with Gasteiger partial charge in [0.05, 0.1) is 0 Å². The minimum atomic E-state index is 1.20. The normalized spacial score (nSPS) is 11.0. The van der Waals surface area contributed by atoms with Crippen molar-refractivity contribution in [2.75, 3.05) is 26.2 Å². The summed E-state index contributed by atoms with van der Waals surface area (Å²) >= 11 is 0. The van der Waals surface area contributed by atoms with Crippen molar-refractivity contribution in [1.29, 1.82) is 0 Å². The van der Waals surface area contributed by atoms with Gasteiger partial charge in [-0.25, -0.2) is 0 Å². The van der Waals surface area contributed by atoms with Gasteiger partial charge in [-0.2, -0.15) is 0 Å². The SMILES string of the molecule is CCCCCCNCCCCCCNCCCC. The second-order valence-corrected chi connectivity index (χ2v) is 5.33. The minimum Gasteiger partial charge on any atom is -0.317 e. The van der Waals surface area contributed by atoms with Crippen molar-refractivity contribution in [3.8, 4) is 0 Å². The Kier molecular flexibility index (Phi) is 16.8. The summed E-state index contributed by atoms with van der Waals surface area (Å²) in [5, 5.41) is 7.05. The molecule has 2 N–H and O–H groups in total. The van der Waals surface area contributed by atoms with Crippen LogP contribution in [0.5, 0.6) is 0 Å². The van der Waals surface area contributed by atoms with Crippen molar-refractivity contribution in [2.45, 2.75) is 78.1 Å². The van der Waals surface area contributed by atoms with Crippen LogP contribution in [-0.4, -0.2) is 26.2 Å². The van der Waals surface area contributed by atoms with Crippen LogP contribution in [0.3, 0.4) is 0 Å². The molecule has 2 nitrogen and oxygen atoms in total. The maximum absolute atomic E-state index is 3.55. The molecule has 0 aromatic heterocycles. The topological polar surface area (TPSA) is 24.1 Å². The van der Waals surface area contributed by atoms with Crippen molar-refractivity contribution >= 4 is 0 Å². The number of hydrogen-bond acceptors (Lipinski definition) is 2. The quantitative estimate of drug-likeness (QED) is 0.431. The Balaban J connectivity index is 2.86. The Hall–Kier alpha value is -0.0800. The summed E-state index contributed by atoms with van der Waals surface area (Å²) in [5.74, 6) is 0. The van der Waals surface area contributed by atoms with E-state index in [0.29, 0.717) is 0 Å². The maximum atomic E-state index is 3.55. The first-order valence-corrected chi connectivity index (χ1v) is 8.33. The first-order valence-electron chi connectivity index (χ1n) is 8.33. The summed E-state index contributed by atoms with van der Waals surface area (Å²) in [4.78, 5) is 0. The fraction of sp³-hybridized carbons (Fsp3) is 1.00. The molecule has 0 aliphatic carbocycles. The van der Waals surface area contributed by atoms with Gasteiger partial charge in [-0.3, -0.25) is 0 Å². The molecule has 0 heterocycles. The van der Waals surface area contributed by atoms with E-state index >= 15 is 0 Å². The van der Waals surface area contributed by atoms with Gasteiger partial charge in [0.15, 0.2) is 0 Å². The highest BCUT2D eigenvalue weighted by molar-refractivity contribution is 4.52. The average molecular weight is 256 g/mol. The van der Waals surface area contributed by atoms with Crippen molar-refractivity contribution < 1.29 is 0 Å². The fourth-order valence-electron chi connectivity index (χ4n) is 2.08. The summed E-state index contributed by atoms with van der Waals surface area (Å²) in [7, 11) is 0. The van der Waals surface area contributed by atoms with Gasteiger partial charge in [-0.15, -0.1) is 0 Å². The van der Waals surface area contributed by atoms with Crippen molar-refractivity contribution in [1.82, 2.24) is 10.6 Å². The first kappa shape index (κ1) is 17.9. The highest BCUT2D eigenvalue weighted by Crippen LogP contribution is 1.99. The molecular weight excluding hydrogens is 220 g/mol. The largest absolute Gasteiger partial charge is 0.317 e. The molecule has 110 valence electrons. The molecule has 0 atom stereocenters. The average Bonchev–Trinajstić information content (AvgIpc) is 2.39. The Morgan fingerprint density at radius 3 is 1.28 bits per heavy atom. The highest BCUT2D eigenvalue weighted by atomic mass is 14.8. The van der Waals surface area contributed by atoms with Gasteiger partial charge in [0, 0.05) is 0 Å². The lowest BCUT2D eigenvalue weighted by Gasteiger charge is -2.05. The van der Waals surface area contributed by atoms with Gasteiger partial charge in [-0.1, -0.05) is 52.4 Å².